The average Bonchev–Trinajstić information content (AvgIpc) is 3.45. The minimum Gasteiger partial charge on any atom is -0.329 e. The van der Waals surface area contributed by atoms with Crippen LogP contribution in [0.4, 0.5) is 4.39 Å². The first-order valence-electron chi connectivity index (χ1n) is 12.2. The van der Waals surface area contributed by atoms with Crippen LogP contribution in [0.1, 0.15) is 35.2 Å². The maximum Gasteiger partial charge on any atom is 0.227 e. The van der Waals surface area contributed by atoms with Gasteiger partial charge in [-0.1, -0.05) is 18.2 Å². The van der Waals surface area contributed by atoms with Gasteiger partial charge in [-0.05, 0) is 52.2 Å². The number of ketones is 1. The molecule has 5 rings (SSSR count). The summed E-state index contributed by atoms with van der Waals surface area (Å²) in [6.07, 6.45) is 3.72. The SMILES string of the molecule is CC(=O)n1cc(CC(=O)N2C[C@H](F)C[C@H]2C(=O)Cc2cccc(Br)n2)c2ccc(-c3cnc(C)nc3)cc21. The molecule has 194 valence electrons. The third-order valence-electron chi connectivity index (χ3n) is 6.75. The van der Waals surface area contributed by atoms with Gasteiger partial charge in [-0.25, -0.2) is 19.3 Å². The first kappa shape index (κ1) is 25.8. The lowest BCUT2D eigenvalue weighted by Crippen LogP contribution is -2.42. The molecule has 0 radical (unpaired) electrons. The maximum absolute atomic E-state index is 14.5. The first-order valence-corrected chi connectivity index (χ1v) is 13.0. The molecule has 3 aromatic heterocycles. The molecule has 0 saturated carbocycles. The van der Waals surface area contributed by atoms with Crippen LogP contribution in [-0.4, -0.2) is 60.8 Å². The molecule has 1 aromatic carbocycles. The van der Waals surface area contributed by atoms with E-state index in [1.807, 2.05) is 18.2 Å². The van der Waals surface area contributed by atoms with Crippen LogP contribution in [0.2, 0.25) is 0 Å². The first-order chi connectivity index (χ1) is 18.2. The molecule has 4 aromatic rings. The highest BCUT2D eigenvalue weighted by molar-refractivity contribution is 9.10. The number of pyridine rings is 1. The fourth-order valence-corrected chi connectivity index (χ4v) is 5.28. The summed E-state index contributed by atoms with van der Waals surface area (Å²) in [5.74, 6) is -0.153. The van der Waals surface area contributed by atoms with Gasteiger partial charge in [0.1, 0.15) is 16.6 Å². The van der Waals surface area contributed by atoms with Gasteiger partial charge in [0.25, 0.3) is 0 Å². The zero-order chi connectivity index (χ0) is 27.0. The van der Waals surface area contributed by atoms with Crippen molar-refractivity contribution in [1.29, 1.82) is 0 Å². The Hall–Kier alpha value is -3.79. The third-order valence-corrected chi connectivity index (χ3v) is 7.20. The zero-order valence-corrected chi connectivity index (χ0v) is 22.5. The van der Waals surface area contributed by atoms with Gasteiger partial charge in [0.15, 0.2) is 5.78 Å². The molecule has 1 amide bonds. The summed E-state index contributed by atoms with van der Waals surface area (Å²) >= 11 is 3.29. The van der Waals surface area contributed by atoms with E-state index in [1.54, 1.807) is 43.7 Å². The number of halogens is 2. The molecule has 1 aliphatic heterocycles. The van der Waals surface area contributed by atoms with E-state index in [9.17, 15) is 18.8 Å². The number of likely N-dealkylation sites (tertiary alicyclic amines) is 1. The molecule has 0 unspecified atom stereocenters. The Labute approximate surface area is 227 Å². The van der Waals surface area contributed by atoms with Crippen molar-refractivity contribution in [1.82, 2.24) is 24.4 Å². The van der Waals surface area contributed by atoms with Gasteiger partial charge in [0.2, 0.25) is 11.8 Å². The van der Waals surface area contributed by atoms with E-state index >= 15 is 0 Å². The van der Waals surface area contributed by atoms with Crippen LogP contribution in [0.25, 0.3) is 22.0 Å². The predicted octanol–water partition coefficient (Wildman–Crippen LogP) is 4.52. The maximum atomic E-state index is 14.5. The largest absolute Gasteiger partial charge is 0.329 e. The number of nitrogens with zero attached hydrogens (tertiary/aromatic N) is 5. The van der Waals surface area contributed by atoms with Crippen molar-refractivity contribution >= 4 is 44.4 Å². The number of hydrogen-bond donors (Lipinski definition) is 0. The molecule has 1 fully saturated rings. The van der Waals surface area contributed by atoms with Crippen molar-refractivity contribution in [2.75, 3.05) is 6.54 Å². The van der Waals surface area contributed by atoms with E-state index in [4.69, 9.17) is 0 Å². The van der Waals surface area contributed by atoms with Crippen molar-refractivity contribution in [3.05, 3.63) is 76.7 Å². The highest BCUT2D eigenvalue weighted by Crippen LogP contribution is 2.30. The van der Waals surface area contributed by atoms with Crippen molar-refractivity contribution in [3.8, 4) is 11.1 Å². The van der Waals surface area contributed by atoms with Gasteiger partial charge in [-0.2, -0.15) is 0 Å². The van der Waals surface area contributed by atoms with Crippen LogP contribution in [0.5, 0.6) is 0 Å². The highest BCUT2D eigenvalue weighted by Gasteiger charge is 2.39. The van der Waals surface area contributed by atoms with E-state index in [0.717, 1.165) is 16.5 Å². The third kappa shape index (κ3) is 5.26. The molecule has 8 nitrogen and oxygen atoms in total. The Balaban J connectivity index is 1.41. The Morgan fingerprint density at radius 3 is 2.55 bits per heavy atom. The molecular formula is C28H25BrFN5O3. The fourth-order valence-electron chi connectivity index (χ4n) is 4.90. The number of fused-ring (bicyclic) bond motifs is 1. The number of amides is 1. The monoisotopic (exact) mass is 577 g/mol. The van der Waals surface area contributed by atoms with E-state index in [1.165, 1.54) is 16.4 Å². The summed E-state index contributed by atoms with van der Waals surface area (Å²) in [4.78, 5) is 53.0. The normalized spacial score (nSPS) is 17.2. The van der Waals surface area contributed by atoms with Crippen LogP contribution in [0.3, 0.4) is 0 Å². The number of hydrogen-bond acceptors (Lipinski definition) is 6. The molecule has 1 aliphatic rings. The van der Waals surface area contributed by atoms with Crippen molar-refractivity contribution in [2.45, 2.75) is 45.3 Å². The number of aromatic nitrogens is 4. The summed E-state index contributed by atoms with van der Waals surface area (Å²) in [7, 11) is 0. The number of alkyl halides is 1. The van der Waals surface area contributed by atoms with Crippen molar-refractivity contribution in [2.24, 2.45) is 0 Å². The van der Waals surface area contributed by atoms with Crippen molar-refractivity contribution < 1.29 is 18.8 Å². The molecule has 4 heterocycles. The quantitative estimate of drug-likeness (QED) is 0.312. The Morgan fingerprint density at radius 2 is 1.84 bits per heavy atom. The van der Waals surface area contributed by atoms with Crippen LogP contribution >= 0.6 is 15.9 Å². The van der Waals surface area contributed by atoms with Gasteiger partial charge >= 0.3 is 0 Å². The number of carbonyl (C=O) groups excluding carboxylic acids is 3. The van der Waals surface area contributed by atoms with Crippen LogP contribution in [-0.2, 0) is 22.4 Å². The lowest BCUT2D eigenvalue weighted by molar-refractivity contribution is -0.136. The Kier molecular flexibility index (Phi) is 7.16. The molecule has 0 bridgehead atoms. The Morgan fingerprint density at radius 1 is 1.08 bits per heavy atom. The van der Waals surface area contributed by atoms with E-state index in [2.05, 4.69) is 30.9 Å². The smallest absolute Gasteiger partial charge is 0.227 e. The van der Waals surface area contributed by atoms with Gasteiger partial charge < -0.3 is 4.90 Å². The molecule has 2 atom stereocenters. The molecule has 0 aliphatic carbocycles. The zero-order valence-electron chi connectivity index (χ0n) is 20.9. The lowest BCUT2D eigenvalue weighted by Gasteiger charge is -2.23. The topological polar surface area (TPSA) is 98.1 Å². The summed E-state index contributed by atoms with van der Waals surface area (Å²) in [6.45, 7) is 3.12. The fraction of sp³-hybridized carbons (Fsp3) is 0.286. The van der Waals surface area contributed by atoms with Crippen molar-refractivity contribution in [3.63, 3.8) is 0 Å². The summed E-state index contributed by atoms with van der Waals surface area (Å²) < 4.78 is 16.6. The minimum absolute atomic E-state index is 0.00968. The van der Waals surface area contributed by atoms with E-state index in [0.29, 0.717) is 27.2 Å². The number of Topliss-reactive ketones (excluding diaryl/α,β-unsaturated/α-hetero) is 1. The second-order valence-electron chi connectivity index (χ2n) is 9.46. The lowest BCUT2D eigenvalue weighted by atomic mass is 10.0. The number of benzene rings is 1. The van der Waals surface area contributed by atoms with E-state index < -0.39 is 12.2 Å². The molecule has 1 saturated heterocycles. The molecular weight excluding hydrogens is 553 g/mol. The number of carbonyl (C=O) groups is 3. The highest BCUT2D eigenvalue weighted by atomic mass is 79.9. The van der Waals surface area contributed by atoms with E-state index in [-0.39, 0.29) is 43.4 Å². The Bertz CT molecular complexity index is 1550. The van der Waals surface area contributed by atoms with Crippen LogP contribution < -0.4 is 0 Å². The minimum atomic E-state index is -1.28. The summed E-state index contributed by atoms with van der Waals surface area (Å²) in [5.41, 5.74) is 3.48. The van der Waals surface area contributed by atoms with Gasteiger partial charge in [-0.3, -0.25) is 19.0 Å². The molecule has 0 N–H and O–H groups in total. The van der Waals surface area contributed by atoms with Gasteiger partial charge in [0, 0.05) is 48.6 Å². The number of rotatable bonds is 6. The molecule has 0 spiro atoms. The van der Waals surface area contributed by atoms with Gasteiger partial charge in [-0.15, -0.1) is 0 Å². The number of aryl methyl sites for hydroxylation is 1. The molecule has 38 heavy (non-hydrogen) atoms. The summed E-state index contributed by atoms with van der Waals surface area (Å²) in [6, 6.07) is 10.0. The second kappa shape index (κ2) is 10.5. The van der Waals surface area contributed by atoms with Gasteiger partial charge in [0.05, 0.1) is 30.9 Å². The summed E-state index contributed by atoms with van der Waals surface area (Å²) in [5, 5.41) is 0.738. The average molecular weight is 578 g/mol. The molecule has 10 heteroatoms. The predicted molar refractivity (Wildman–Crippen MR) is 143 cm³/mol. The van der Waals surface area contributed by atoms with Crippen LogP contribution in [0, 0.1) is 6.92 Å². The second-order valence-corrected chi connectivity index (χ2v) is 10.3. The van der Waals surface area contributed by atoms with Crippen LogP contribution in [0.15, 0.2) is 59.6 Å². The standard InChI is InChI=1S/C28H25BrFN5O3/c1-16-31-12-20(13-32-16)18-6-7-23-19(14-34(17(2)36)24(23)8-18)9-28(38)35-15-21(30)10-25(35)26(37)11-22-4-3-5-27(29)33-22/h3-8,12-14,21,25H,9-11,15H2,1-2H3/t21-,25+/m1/s1.